The van der Waals surface area contributed by atoms with Gasteiger partial charge in [0.05, 0.1) is 34.2 Å². The van der Waals surface area contributed by atoms with E-state index in [0.717, 1.165) is 18.0 Å². The third-order valence-corrected chi connectivity index (χ3v) is 4.43. The standard InChI is InChI=1S/C20H17ClN4O4/c1-3-29-20(26)17-11-15(25(27)28)12-22-18(17)10-9-16-13(2)23-24(19(16)21)14-7-5-4-6-8-14/h4-12H,3H2,1-2H3. The van der Waals surface area contributed by atoms with Crippen molar-refractivity contribution in [1.29, 1.82) is 0 Å². The number of nitrogens with zero attached hydrogens (tertiary/aromatic N) is 4. The number of hydrogen-bond acceptors (Lipinski definition) is 6. The van der Waals surface area contributed by atoms with Crippen molar-refractivity contribution in [3.05, 3.63) is 80.4 Å². The van der Waals surface area contributed by atoms with E-state index in [9.17, 15) is 14.9 Å². The van der Waals surface area contributed by atoms with Gasteiger partial charge in [-0.05, 0) is 38.1 Å². The molecule has 0 N–H and O–H groups in total. The summed E-state index contributed by atoms with van der Waals surface area (Å²) in [6.45, 7) is 3.60. The monoisotopic (exact) mass is 412 g/mol. The lowest BCUT2D eigenvalue weighted by Crippen LogP contribution is -2.08. The summed E-state index contributed by atoms with van der Waals surface area (Å²) in [4.78, 5) is 26.7. The van der Waals surface area contributed by atoms with Gasteiger partial charge in [-0.25, -0.2) is 14.5 Å². The molecule has 0 saturated carbocycles. The maximum absolute atomic E-state index is 12.2. The van der Waals surface area contributed by atoms with Gasteiger partial charge >= 0.3 is 5.97 Å². The SMILES string of the molecule is CCOC(=O)c1cc([N+](=O)[O-])cnc1C=Cc1c(C)nn(-c2ccccc2)c1Cl. The number of rotatable bonds is 6. The summed E-state index contributed by atoms with van der Waals surface area (Å²) in [6.07, 6.45) is 4.31. The van der Waals surface area contributed by atoms with Gasteiger partial charge in [0.25, 0.3) is 5.69 Å². The maximum atomic E-state index is 12.2. The molecule has 0 aliphatic heterocycles. The van der Waals surface area contributed by atoms with Crippen LogP contribution in [0.4, 0.5) is 5.69 Å². The minimum Gasteiger partial charge on any atom is -0.462 e. The van der Waals surface area contributed by atoms with E-state index in [0.29, 0.717) is 16.4 Å². The average molecular weight is 413 g/mol. The summed E-state index contributed by atoms with van der Waals surface area (Å²) in [5.74, 6) is -0.689. The van der Waals surface area contributed by atoms with Gasteiger partial charge in [0.2, 0.25) is 0 Å². The number of aromatic nitrogens is 3. The first kappa shape index (κ1) is 20.2. The van der Waals surface area contributed by atoms with E-state index in [1.165, 1.54) is 0 Å². The number of hydrogen-bond donors (Lipinski definition) is 0. The third kappa shape index (κ3) is 4.33. The average Bonchev–Trinajstić information content (AvgIpc) is 3.00. The van der Waals surface area contributed by atoms with Crippen molar-refractivity contribution in [3.8, 4) is 5.69 Å². The van der Waals surface area contributed by atoms with E-state index in [-0.39, 0.29) is 23.6 Å². The molecule has 3 rings (SSSR count). The Morgan fingerprint density at radius 2 is 2.03 bits per heavy atom. The lowest BCUT2D eigenvalue weighted by molar-refractivity contribution is -0.385. The normalized spacial score (nSPS) is 11.0. The summed E-state index contributed by atoms with van der Waals surface area (Å²) in [5.41, 5.74) is 2.07. The first-order valence-corrected chi connectivity index (χ1v) is 9.10. The van der Waals surface area contributed by atoms with Gasteiger partial charge in [0.15, 0.2) is 0 Å². The van der Waals surface area contributed by atoms with Crippen LogP contribution in [0.3, 0.4) is 0 Å². The van der Waals surface area contributed by atoms with E-state index >= 15 is 0 Å². The van der Waals surface area contributed by atoms with Crippen LogP contribution >= 0.6 is 11.6 Å². The molecule has 0 fully saturated rings. The fourth-order valence-corrected chi connectivity index (χ4v) is 3.01. The number of carbonyl (C=O) groups is 1. The molecule has 0 saturated heterocycles. The van der Waals surface area contributed by atoms with Gasteiger partial charge in [0, 0.05) is 11.6 Å². The fraction of sp³-hybridized carbons (Fsp3) is 0.150. The van der Waals surface area contributed by atoms with E-state index in [2.05, 4.69) is 10.1 Å². The van der Waals surface area contributed by atoms with Crippen LogP contribution in [-0.2, 0) is 4.74 Å². The number of nitro groups is 1. The van der Waals surface area contributed by atoms with E-state index in [4.69, 9.17) is 16.3 Å². The lowest BCUT2D eigenvalue weighted by Gasteiger charge is -2.05. The highest BCUT2D eigenvalue weighted by atomic mass is 35.5. The summed E-state index contributed by atoms with van der Waals surface area (Å²) < 4.78 is 6.59. The first-order chi connectivity index (χ1) is 13.9. The zero-order chi connectivity index (χ0) is 21.0. The molecule has 3 aromatic rings. The van der Waals surface area contributed by atoms with Crippen LogP contribution in [0.5, 0.6) is 0 Å². The predicted octanol–water partition coefficient (Wildman–Crippen LogP) is 4.48. The maximum Gasteiger partial charge on any atom is 0.340 e. The number of halogens is 1. The molecule has 2 aromatic heterocycles. The largest absolute Gasteiger partial charge is 0.462 e. The van der Waals surface area contributed by atoms with Crippen LogP contribution in [0.15, 0.2) is 42.6 Å². The highest BCUT2D eigenvalue weighted by Crippen LogP contribution is 2.26. The molecule has 0 bridgehead atoms. The predicted molar refractivity (Wildman–Crippen MR) is 109 cm³/mol. The Hall–Kier alpha value is -3.52. The summed E-state index contributed by atoms with van der Waals surface area (Å²) in [6, 6.07) is 10.6. The molecule has 8 nitrogen and oxygen atoms in total. The lowest BCUT2D eigenvalue weighted by atomic mass is 10.1. The molecule has 9 heteroatoms. The zero-order valence-electron chi connectivity index (χ0n) is 15.7. The van der Waals surface area contributed by atoms with E-state index in [1.54, 1.807) is 30.7 Å². The van der Waals surface area contributed by atoms with Crippen molar-refractivity contribution in [2.24, 2.45) is 0 Å². The molecule has 29 heavy (non-hydrogen) atoms. The molecule has 0 amide bonds. The second-order valence-corrected chi connectivity index (χ2v) is 6.33. The smallest absolute Gasteiger partial charge is 0.340 e. The van der Waals surface area contributed by atoms with Gasteiger partial charge in [-0.3, -0.25) is 10.1 Å². The van der Waals surface area contributed by atoms with Crippen molar-refractivity contribution in [2.75, 3.05) is 6.61 Å². The first-order valence-electron chi connectivity index (χ1n) is 8.72. The van der Waals surface area contributed by atoms with Crippen LogP contribution in [0.1, 0.15) is 34.2 Å². The zero-order valence-corrected chi connectivity index (χ0v) is 16.5. The molecule has 1 aromatic carbocycles. The molecule has 148 valence electrons. The van der Waals surface area contributed by atoms with Crippen LogP contribution in [0.2, 0.25) is 5.15 Å². The molecule has 0 aliphatic carbocycles. The molecule has 0 spiro atoms. The molecule has 0 radical (unpaired) electrons. The van der Waals surface area contributed by atoms with E-state index < -0.39 is 10.9 Å². The van der Waals surface area contributed by atoms with Crippen LogP contribution in [0, 0.1) is 17.0 Å². The van der Waals surface area contributed by atoms with Crippen LogP contribution < -0.4 is 0 Å². The number of carbonyl (C=O) groups excluding carboxylic acids is 1. The molecular formula is C20H17ClN4O4. The topological polar surface area (TPSA) is 100 Å². The van der Waals surface area contributed by atoms with Gasteiger partial charge in [-0.15, -0.1) is 0 Å². The summed E-state index contributed by atoms with van der Waals surface area (Å²) >= 11 is 6.50. The Bertz CT molecular complexity index is 1090. The Labute approximate surface area is 171 Å². The Kier molecular flexibility index (Phi) is 6.04. The minimum atomic E-state index is -0.689. The van der Waals surface area contributed by atoms with Crippen molar-refractivity contribution >= 4 is 35.4 Å². The molecule has 2 heterocycles. The number of benzene rings is 1. The minimum absolute atomic E-state index is 0.00141. The van der Waals surface area contributed by atoms with Gasteiger partial charge in [0.1, 0.15) is 11.3 Å². The van der Waals surface area contributed by atoms with Crippen molar-refractivity contribution in [2.45, 2.75) is 13.8 Å². The highest BCUT2D eigenvalue weighted by Gasteiger charge is 2.18. The summed E-state index contributed by atoms with van der Waals surface area (Å²) in [5, 5.41) is 15.9. The second kappa shape index (κ2) is 8.66. The Balaban J connectivity index is 2.01. The van der Waals surface area contributed by atoms with Gasteiger partial charge in [-0.2, -0.15) is 5.10 Å². The van der Waals surface area contributed by atoms with Crippen molar-refractivity contribution in [1.82, 2.24) is 14.8 Å². The number of esters is 1. The summed E-state index contributed by atoms with van der Waals surface area (Å²) in [7, 11) is 0. The molecule has 0 unspecified atom stereocenters. The fourth-order valence-electron chi connectivity index (χ4n) is 2.67. The van der Waals surface area contributed by atoms with Crippen molar-refractivity contribution in [3.63, 3.8) is 0 Å². The molecule has 0 aliphatic rings. The van der Waals surface area contributed by atoms with Crippen LogP contribution in [-0.4, -0.2) is 32.3 Å². The number of aryl methyl sites for hydroxylation is 1. The second-order valence-electron chi connectivity index (χ2n) is 5.97. The van der Waals surface area contributed by atoms with Gasteiger partial charge in [-0.1, -0.05) is 29.8 Å². The number of pyridine rings is 1. The highest BCUT2D eigenvalue weighted by molar-refractivity contribution is 6.31. The van der Waals surface area contributed by atoms with Crippen molar-refractivity contribution < 1.29 is 14.5 Å². The third-order valence-electron chi connectivity index (χ3n) is 4.07. The Morgan fingerprint density at radius 1 is 1.31 bits per heavy atom. The van der Waals surface area contributed by atoms with Gasteiger partial charge < -0.3 is 4.74 Å². The number of para-hydroxylation sites is 1. The molecular weight excluding hydrogens is 396 g/mol. The van der Waals surface area contributed by atoms with E-state index in [1.807, 2.05) is 30.3 Å². The quantitative estimate of drug-likeness (QED) is 0.336. The van der Waals surface area contributed by atoms with Crippen LogP contribution in [0.25, 0.3) is 17.8 Å². The number of ether oxygens (including phenoxy) is 1. The molecule has 0 atom stereocenters. The Morgan fingerprint density at radius 3 is 2.69 bits per heavy atom.